The molecule has 0 bridgehead atoms. The molecule has 1 nitrogen and oxygen atoms in total. The minimum Gasteiger partial charge on any atom is -0.330 e. The van der Waals surface area contributed by atoms with Gasteiger partial charge in [-0.05, 0) is 24.8 Å². The van der Waals surface area contributed by atoms with E-state index in [1.807, 2.05) is 0 Å². The molecular formula is C11H25N. The quantitative estimate of drug-likeness (QED) is 0.625. The summed E-state index contributed by atoms with van der Waals surface area (Å²) >= 11 is 0. The molecule has 2 atom stereocenters. The van der Waals surface area contributed by atoms with E-state index in [2.05, 4.69) is 20.8 Å². The maximum absolute atomic E-state index is 5.57. The Balaban J connectivity index is 3.43. The van der Waals surface area contributed by atoms with Crippen molar-refractivity contribution in [3.8, 4) is 0 Å². The lowest BCUT2D eigenvalue weighted by molar-refractivity contribution is 0.380. The summed E-state index contributed by atoms with van der Waals surface area (Å²) in [5, 5.41) is 0. The largest absolute Gasteiger partial charge is 0.330 e. The molecule has 0 saturated heterocycles. The van der Waals surface area contributed by atoms with Gasteiger partial charge in [0, 0.05) is 0 Å². The fraction of sp³-hybridized carbons (Fsp3) is 1.00. The highest BCUT2D eigenvalue weighted by Gasteiger charge is 2.06. The van der Waals surface area contributed by atoms with Crippen LogP contribution in [0.15, 0.2) is 0 Å². The summed E-state index contributed by atoms with van der Waals surface area (Å²) < 4.78 is 0. The van der Waals surface area contributed by atoms with Gasteiger partial charge >= 0.3 is 0 Å². The van der Waals surface area contributed by atoms with Gasteiger partial charge in [-0.2, -0.15) is 0 Å². The molecule has 1 heteroatoms. The fourth-order valence-corrected chi connectivity index (χ4v) is 1.60. The van der Waals surface area contributed by atoms with E-state index in [9.17, 15) is 0 Å². The van der Waals surface area contributed by atoms with Gasteiger partial charge < -0.3 is 5.73 Å². The second kappa shape index (κ2) is 7.60. The molecule has 1 unspecified atom stereocenters. The SMILES string of the molecule is CCC[C@@H](CC)CCC(C)CN. The van der Waals surface area contributed by atoms with E-state index in [0.717, 1.165) is 18.4 Å². The van der Waals surface area contributed by atoms with Crippen LogP contribution in [-0.2, 0) is 0 Å². The van der Waals surface area contributed by atoms with Crippen molar-refractivity contribution in [3.63, 3.8) is 0 Å². The van der Waals surface area contributed by atoms with E-state index in [4.69, 9.17) is 5.73 Å². The van der Waals surface area contributed by atoms with Crippen molar-refractivity contribution in [2.75, 3.05) is 6.54 Å². The van der Waals surface area contributed by atoms with Crippen LogP contribution >= 0.6 is 0 Å². The lowest BCUT2D eigenvalue weighted by Gasteiger charge is -2.15. The Labute approximate surface area is 77.7 Å². The Hall–Kier alpha value is -0.0400. The lowest BCUT2D eigenvalue weighted by Crippen LogP contribution is -2.12. The second-order valence-electron chi connectivity index (χ2n) is 3.98. The van der Waals surface area contributed by atoms with Gasteiger partial charge in [0.05, 0.1) is 0 Å². The highest BCUT2D eigenvalue weighted by Crippen LogP contribution is 2.19. The first-order valence-electron chi connectivity index (χ1n) is 5.44. The summed E-state index contributed by atoms with van der Waals surface area (Å²) in [6, 6.07) is 0. The first-order valence-corrected chi connectivity index (χ1v) is 5.44. The molecule has 0 aliphatic carbocycles. The molecule has 0 aliphatic heterocycles. The molecule has 0 aromatic carbocycles. The number of hydrogen-bond donors (Lipinski definition) is 1. The average molecular weight is 171 g/mol. The molecule has 0 heterocycles. The van der Waals surface area contributed by atoms with Crippen LogP contribution in [0, 0.1) is 11.8 Å². The molecule has 0 amide bonds. The first kappa shape index (κ1) is 12.0. The third-order valence-corrected chi connectivity index (χ3v) is 2.74. The minimum absolute atomic E-state index is 0.718. The zero-order valence-electron chi connectivity index (χ0n) is 8.97. The molecule has 12 heavy (non-hydrogen) atoms. The predicted molar refractivity (Wildman–Crippen MR) is 56.1 cm³/mol. The average Bonchev–Trinajstić information content (AvgIpc) is 2.11. The topological polar surface area (TPSA) is 26.0 Å². The van der Waals surface area contributed by atoms with Crippen LogP contribution in [0.5, 0.6) is 0 Å². The Kier molecular flexibility index (Phi) is 7.58. The normalized spacial score (nSPS) is 16.0. The van der Waals surface area contributed by atoms with Gasteiger partial charge in [-0.3, -0.25) is 0 Å². The van der Waals surface area contributed by atoms with Gasteiger partial charge in [-0.15, -0.1) is 0 Å². The van der Waals surface area contributed by atoms with Crippen molar-refractivity contribution in [1.82, 2.24) is 0 Å². The van der Waals surface area contributed by atoms with Crippen molar-refractivity contribution in [3.05, 3.63) is 0 Å². The highest BCUT2D eigenvalue weighted by atomic mass is 14.5. The molecule has 0 aliphatic rings. The van der Waals surface area contributed by atoms with Crippen LogP contribution in [0.2, 0.25) is 0 Å². The van der Waals surface area contributed by atoms with Gasteiger partial charge in [-0.1, -0.05) is 46.5 Å². The molecule has 0 saturated carbocycles. The summed E-state index contributed by atoms with van der Waals surface area (Å²) in [5.41, 5.74) is 5.57. The van der Waals surface area contributed by atoms with Crippen LogP contribution in [0.4, 0.5) is 0 Å². The zero-order valence-corrected chi connectivity index (χ0v) is 8.97. The molecule has 0 fully saturated rings. The highest BCUT2D eigenvalue weighted by molar-refractivity contribution is 4.60. The monoisotopic (exact) mass is 171 g/mol. The zero-order chi connectivity index (χ0) is 9.40. The van der Waals surface area contributed by atoms with Crippen LogP contribution in [0.25, 0.3) is 0 Å². The Bertz CT molecular complexity index is 91.0. The van der Waals surface area contributed by atoms with E-state index in [1.165, 1.54) is 32.1 Å². The molecule has 0 aromatic rings. The van der Waals surface area contributed by atoms with Crippen molar-refractivity contribution in [2.24, 2.45) is 17.6 Å². The number of hydrogen-bond acceptors (Lipinski definition) is 1. The van der Waals surface area contributed by atoms with E-state index >= 15 is 0 Å². The van der Waals surface area contributed by atoms with Crippen LogP contribution in [-0.4, -0.2) is 6.54 Å². The van der Waals surface area contributed by atoms with Gasteiger partial charge in [0.25, 0.3) is 0 Å². The molecule has 74 valence electrons. The lowest BCUT2D eigenvalue weighted by atomic mass is 9.92. The second-order valence-corrected chi connectivity index (χ2v) is 3.98. The predicted octanol–water partition coefficient (Wildman–Crippen LogP) is 3.19. The smallest absolute Gasteiger partial charge is 0.00515 e. The van der Waals surface area contributed by atoms with Crippen LogP contribution in [0.3, 0.4) is 0 Å². The van der Waals surface area contributed by atoms with Crippen LogP contribution < -0.4 is 5.73 Å². The maximum atomic E-state index is 5.57. The minimum atomic E-state index is 0.718. The van der Waals surface area contributed by atoms with Gasteiger partial charge in [0.15, 0.2) is 0 Å². The Morgan fingerprint density at radius 1 is 1.08 bits per heavy atom. The van der Waals surface area contributed by atoms with Gasteiger partial charge in [0.1, 0.15) is 0 Å². The van der Waals surface area contributed by atoms with Crippen molar-refractivity contribution in [1.29, 1.82) is 0 Å². The fourth-order valence-electron chi connectivity index (χ4n) is 1.60. The Morgan fingerprint density at radius 2 is 1.75 bits per heavy atom. The van der Waals surface area contributed by atoms with Gasteiger partial charge in [0.2, 0.25) is 0 Å². The molecule has 0 spiro atoms. The van der Waals surface area contributed by atoms with E-state index in [1.54, 1.807) is 0 Å². The maximum Gasteiger partial charge on any atom is -0.00515 e. The van der Waals surface area contributed by atoms with E-state index in [0.29, 0.717) is 0 Å². The molecular weight excluding hydrogens is 146 g/mol. The Morgan fingerprint density at radius 3 is 2.17 bits per heavy atom. The standard InChI is InChI=1S/C11H25N/c1-4-6-11(5-2)8-7-10(3)9-12/h10-11H,4-9,12H2,1-3H3/t10?,11-/m1/s1. The van der Waals surface area contributed by atoms with E-state index < -0.39 is 0 Å². The first-order chi connectivity index (χ1) is 5.74. The molecule has 0 radical (unpaired) electrons. The summed E-state index contributed by atoms with van der Waals surface area (Å²) in [6.07, 6.45) is 6.76. The molecule has 0 aromatic heterocycles. The summed E-state index contributed by atoms with van der Waals surface area (Å²) in [7, 11) is 0. The summed E-state index contributed by atoms with van der Waals surface area (Å²) in [5.74, 6) is 1.67. The van der Waals surface area contributed by atoms with Crippen molar-refractivity contribution >= 4 is 0 Å². The summed E-state index contributed by atoms with van der Waals surface area (Å²) in [4.78, 5) is 0. The summed E-state index contributed by atoms with van der Waals surface area (Å²) in [6.45, 7) is 7.67. The van der Waals surface area contributed by atoms with Crippen molar-refractivity contribution in [2.45, 2.75) is 52.9 Å². The number of rotatable bonds is 7. The van der Waals surface area contributed by atoms with Crippen LogP contribution in [0.1, 0.15) is 52.9 Å². The van der Waals surface area contributed by atoms with Gasteiger partial charge in [-0.25, -0.2) is 0 Å². The third kappa shape index (κ3) is 5.59. The van der Waals surface area contributed by atoms with Crippen molar-refractivity contribution < 1.29 is 0 Å². The van der Waals surface area contributed by atoms with E-state index in [-0.39, 0.29) is 0 Å². The molecule has 2 N–H and O–H groups in total. The third-order valence-electron chi connectivity index (χ3n) is 2.74. The molecule has 0 rings (SSSR count). The number of nitrogens with two attached hydrogens (primary N) is 1.